The maximum absolute atomic E-state index is 3.74. The molecule has 0 heterocycles. The van der Waals surface area contributed by atoms with Gasteiger partial charge < -0.3 is 5.32 Å². The van der Waals surface area contributed by atoms with Gasteiger partial charge in [-0.3, -0.25) is 0 Å². The zero-order valence-corrected chi connectivity index (χ0v) is 10.9. The first-order chi connectivity index (χ1) is 6.53. The second-order valence-corrected chi connectivity index (χ2v) is 6.68. The van der Waals surface area contributed by atoms with E-state index >= 15 is 0 Å². The Kier molecular flexibility index (Phi) is 4.78. The smallest absolute Gasteiger partial charge is 0.0198 e. The van der Waals surface area contributed by atoms with Crippen molar-refractivity contribution in [2.75, 3.05) is 12.8 Å². The van der Waals surface area contributed by atoms with E-state index in [4.69, 9.17) is 0 Å². The minimum absolute atomic E-state index is 0.417. The van der Waals surface area contributed by atoms with Crippen LogP contribution >= 0.6 is 11.8 Å². The normalized spacial score (nSPS) is 29.1. The van der Waals surface area contributed by atoms with E-state index in [-0.39, 0.29) is 0 Å². The molecule has 0 radical (unpaired) electrons. The lowest BCUT2D eigenvalue weighted by molar-refractivity contribution is 0.313. The third-order valence-electron chi connectivity index (χ3n) is 2.90. The lowest BCUT2D eigenvalue weighted by atomic mass is 9.92. The van der Waals surface area contributed by atoms with Gasteiger partial charge in [-0.05, 0) is 24.5 Å². The summed E-state index contributed by atoms with van der Waals surface area (Å²) in [6, 6.07) is 0.762. The Morgan fingerprint density at radius 1 is 1.21 bits per heavy atom. The summed E-state index contributed by atoms with van der Waals surface area (Å²) >= 11 is 2.04. The van der Waals surface area contributed by atoms with Crippen molar-refractivity contribution < 1.29 is 0 Å². The lowest BCUT2D eigenvalue weighted by Gasteiger charge is -2.33. The second kappa shape index (κ2) is 5.41. The molecular formula is C12H25NS. The Balaban J connectivity index is 2.33. The highest BCUT2D eigenvalue weighted by atomic mass is 32.2. The highest BCUT2D eigenvalue weighted by Gasteiger charge is 2.24. The maximum Gasteiger partial charge on any atom is 0.0198 e. The van der Waals surface area contributed by atoms with E-state index in [9.17, 15) is 0 Å². The first kappa shape index (κ1) is 12.4. The molecule has 2 heteroatoms. The molecular weight excluding hydrogens is 190 g/mol. The molecule has 1 aliphatic rings. The Morgan fingerprint density at radius 2 is 1.86 bits per heavy atom. The van der Waals surface area contributed by atoms with Crippen molar-refractivity contribution in [3.63, 3.8) is 0 Å². The molecule has 0 aromatic carbocycles. The average molecular weight is 215 g/mol. The molecule has 0 aromatic rings. The van der Waals surface area contributed by atoms with E-state index in [1.807, 2.05) is 11.8 Å². The van der Waals surface area contributed by atoms with Crippen molar-refractivity contribution in [3.8, 4) is 0 Å². The van der Waals surface area contributed by atoms with E-state index in [1.54, 1.807) is 0 Å². The van der Waals surface area contributed by atoms with Gasteiger partial charge in [0, 0.05) is 17.8 Å². The summed E-state index contributed by atoms with van der Waals surface area (Å²) in [5.41, 5.74) is 0.417. The molecule has 1 fully saturated rings. The van der Waals surface area contributed by atoms with Gasteiger partial charge in [-0.2, -0.15) is 11.8 Å². The zero-order chi connectivity index (χ0) is 10.6. The number of hydrogen-bond donors (Lipinski definition) is 1. The van der Waals surface area contributed by atoms with Crippen LogP contribution in [0.3, 0.4) is 0 Å². The van der Waals surface area contributed by atoms with E-state index in [0.29, 0.717) is 5.41 Å². The molecule has 1 saturated carbocycles. The zero-order valence-electron chi connectivity index (χ0n) is 10.1. The predicted octanol–water partition coefficient (Wildman–Crippen LogP) is 3.30. The molecule has 14 heavy (non-hydrogen) atoms. The minimum Gasteiger partial charge on any atom is -0.312 e. The second-order valence-electron chi connectivity index (χ2n) is 5.61. The van der Waals surface area contributed by atoms with Gasteiger partial charge in [0.15, 0.2) is 0 Å². The van der Waals surface area contributed by atoms with E-state index < -0.39 is 0 Å². The summed E-state index contributed by atoms with van der Waals surface area (Å²) in [5.74, 6) is 0. The molecule has 1 aliphatic carbocycles. The lowest BCUT2D eigenvalue weighted by Crippen LogP contribution is -2.43. The van der Waals surface area contributed by atoms with Gasteiger partial charge in [-0.1, -0.05) is 33.6 Å². The van der Waals surface area contributed by atoms with Crippen LogP contribution in [0.15, 0.2) is 0 Å². The monoisotopic (exact) mass is 215 g/mol. The maximum atomic E-state index is 3.74. The predicted molar refractivity (Wildman–Crippen MR) is 67.0 cm³/mol. The first-order valence-corrected chi connectivity index (χ1v) is 7.08. The minimum atomic E-state index is 0.417. The summed E-state index contributed by atoms with van der Waals surface area (Å²) in [6.45, 7) is 8.06. The number of hydrogen-bond acceptors (Lipinski definition) is 2. The Morgan fingerprint density at radius 3 is 2.43 bits per heavy atom. The Bertz CT molecular complexity index is 162. The SMILES string of the molecule is CSC1CCCCC1NCC(C)(C)C. The van der Waals surface area contributed by atoms with Gasteiger partial charge in [0.05, 0.1) is 0 Å². The molecule has 0 aliphatic heterocycles. The molecule has 0 aromatic heterocycles. The van der Waals surface area contributed by atoms with Crippen molar-refractivity contribution in [1.82, 2.24) is 5.32 Å². The number of thioether (sulfide) groups is 1. The first-order valence-electron chi connectivity index (χ1n) is 5.79. The molecule has 2 unspecified atom stereocenters. The van der Waals surface area contributed by atoms with Crippen molar-refractivity contribution in [1.29, 1.82) is 0 Å². The van der Waals surface area contributed by atoms with E-state index in [1.165, 1.54) is 25.7 Å². The molecule has 0 bridgehead atoms. The number of rotatable bonds is 3. The van der Waals surface area contributed by atoms with Crippen molar-refractivity contribution in [2.45, 2.75) is 57.7 Å². The summed E-state index contributed by atoms with van der Waals surface area (Å²) in [6.07, 6.45) is 7.88. The molecule has 1 rings (SSSR count). The van der Waals surface area contributed by atoms with Gasteiger partial charge in [-0.25, -0.2) is 0 Å². The summed E-state index contributed by atoms with van der Waals surface area (Å²) < 4.78 is 0. The van der Waals surface area contributed by atoms with Crippen LogP contribution in [0.2, 0.25) is 0 Å². The molecule has 0 saturated heterocycles. The fourth-order valence-electron chi connectivity index (χ4n) is 2.05. The Labute approximate surface area is 93.4 Å². The molecule has 84 valence electrons. The molecule has 0 amide bonds. The third kappa shape index (κ3) is 4.22. The highest BCUT2D eigenvalue weighted by Crippen LogP contribution is 2.27. The number of nitrogens with one attached hydrogen (secondary N) is 1. The Hall–Kier alpha value is 0.310. The van der Waals surface area contributed by atoms with Crippen LogP contribution in [-0.4, -0.2) is 24.1 Å². The van der Waals surface area contributed by atoms with Crippen LogP contribution in [0.25, 0.3) is 0 Å². The quantitative estimate of drug-likeness (QED) is 0.775. The fraction of sp³-hybridized carbons (Fsp3) is 1.00. The molecule has 1 nitrogen and oxygen atoms in total. The molecule has 2 atom stereocenters. The van der Waals surface area contributed by atoms with E-state index in [2.05, 4.69) is 32.3 Å². The largest absolute Gasteiger partial charge is 0.312 e. The van der Waals surface area contributed by atoms with Crippen molar-refractivity contribution in [3.05, 3.63) is 0 Å². The third-order valence-corrected chi connectivity index (χ3v) is 4.07. The molecule has 0 spiro atoms. The fourth-order valence-corrected chi connectivity index (χ4v) is 3.01. The van der Waals surface area contributed by atoms with E-state index in [0.717, 1.165) is 17.8 Å². The van der Waals surface area contributed by atoms with Crippen LogP contribution in [0.1, 0.15) is 46.5 Å². The summed E-state index contributed by atoms with van der Waals surface area (Å²) in [5, 5.41) is 4.59. The van der Waals surface area contributed by atoms with Crippen LogP contribution in [0.5, 0.6) is 0 Å². The standard InChI is InChI=1S/C12H25NS/c1-12(2,3)9-13-10-7-5-6-8-11(10)14-4/h10-11,13H,5-9H2,1-4H3. The summed E-state index contributed by atoms with van der Waals surface area (Å²) in [4.78, 5) is 0. The average Bonchev–Trinajstić information content (AvgIpc) is 2.14. The van der Waals surface area contributed by atoms with Crippen LogP contribution in [0.4, 0.5) is 0 Å². The van der Waals surface area contributed by atoms with Crippen LogP contribution in [-0.2, 0) is 0 Å². The van der Waals surface area contributed by atoms with Crippen molar-refractivity contribution in [2.24, 2.45) is 5.41 Å². The van der Waals surface area contributed by atoms with Gasteiger partial charge in [0.25, 0.3) is 0 Å². The van der Waals surface area contributed by atoms with Gasteiger partial charge in [-0.15, -0.1) is 0 Å². The molecule has 1 N–H and O–H groups in total. The van der Waals surface area contributed by atoms with Gasteiger partial charge in [0.2, 0.25) is 0 Å². The summed E-state index contributed by atoms with van der Waals surface area (Å²) in [7, 11) is 0. The van der Waals surface area contributed by atoms with Crippen LogP contribution < -0.4 is 5.32 Å². The highest BCUT2D eigenvalue weighted by molar-refractivity contribution is 7.99. The van der Waals surface area contributed by atoms with Crippen molar-refractivity contribution >= 4 is 11.8 Å². The van der Waals surface area contributed by atoms with Crippen LogP contribution in [0, 0.1) is 5.41 Å². The van der Waals surface area contributed by atoms with Gasteiger partial charge >= 0.3 is 0 Å². The van der Waals surface area contributed by atoms with Gasteiger partial charge in [0.1, 0.15) is 0 Å². The topological polar surface area (TPSA) is 12.0 Å².